The molecule has 1 aromatic heterocycles. The maximum atomic E-state index is 5.24. The summed E-state index contributed by atoms with van der Waals surface area (Å²) in [7, 11) is 0. The SMILES string of the molecule is C#CC(C)NC(C)c1ccn[nH]1. The van der Waals surface area contributed by atoms with E-state index in [0.29, 0.717) is 0 Å². The zero-order valence-corrected chi connectivity index (χ0v) is 7.33. The van der Waals surface area contributed by atoms with Gasteiger partial charge in [0.15, 0.2) is 0 Å². The quantitative estimate of drug-likeness (QED) is 0.655. The minimum atomic E-state index is 0.0864. The standard InChI is InChI=1S/C9H13N3/c1-4-7(2)11-8(3)9-5-6-10-12-9/h1,5-8,11H,2-3H3,(H,10,12). The van der Waals surface area contributed by atoms with Crippen molar-refractivity contribution >= 4 is 0 Å². The first-order chi connectivity index (χ1) is 5.74. The lowest BCUT2D eigenvalue weighted by molar-refractivity contribution is 0.534. The third-order valence-corrected chi connectivity index (χ3v) is 1.74. The highest BCUT2D eigenvalue weighted by Gasteiger charge is 2.07. The number of nitrogens with one attached hydrogen (secondary N) is 2. The molecule has 0 aliphatic heterocycles. The number of terminal acetylenes is 1. The monoisotopic (exact) mass is 163 g/mol. The number of rotatable bonds is 3. The lowest BCUT2D eigenvalue weighted by atomic mass is 10.2. The molecule has 0 saturated carbocycles. The van der Waals surface area contributed by atoms with E-state index >= 15 is 0 Å². The minimum Gasteiger partial charge on any atom is -0.296 e. The predicted molar refractivity (Wildman–Crippen MR) is 48.4 cm³/mol. The van der Waals surface area contributed by atoms with E-state index in [1.807, 2.05) is 19.9 Å². The van der Waals surface area contributed by atoms with Gasteiger partial charge in [0.2, 0.25) is 0 Å². The highest BCUT2D eigenvalue weighted by atomic mass is 15.1. The molecule has 3 nitrogen and oxygen atoms in total. The fourth-order valence-corrected chi connectivity index (χ4v) is 1.02. The molecular weight excluding hydrogens is 150 g/mol. The van der Waals surface area contributed by atoms with Crippen LogP contribution in [0.4, 0.5) is 0 Å². The van der Waals surface area contributed by atoms with Crippen molar-refractivity contribution in [2.45, 2.75) is 25.9 Å². The van der Waals surface area contributed by atoms with Gasteiger partial charge in [-0.05, 0) is 19.9 Å². The predicted octanol–water partition coefficient (Wildman–Crippen LogP) is 1.08. The molecule has 0 aliphatic rings. The third kappa shape index (κ3) is 2.11. The zero-order valence-electron chi connectivity index (χ0n) is 7.33. The average molecular weight is 163 g/mol. The summed E-state index contributed by atoms with van der Waals surface area (Å²) in [6.07, 6.45) is 6.97. The Morgan fingerprint density at radius 3 is 2.92 bits per heavy atom. The first kappa shape index (κ1) is 8.82. The molecule has 0 aliphatic carbocycles. The summed E-state index contributed by atoms with van der Waals surface area (Å²) >= 11 is 0. The van der Waals surface area contributed by atoms with Crippen LogP contribution in [0.25, 0.3) is 0 Å². The van der Waals surface area contributed by atoms with Crippen LogP contribution in [0.2, 0.25) is 0 Å². The van der Waals surface area contributed by atoms with Gasteiger partial charge in [0.1, 0.15) is 0 Å². The van der Waals surface area contributed by atoms with Gasteiger partial charge >= 0.3 is 0 Å². The number of aromatic amines is 1. The molecule has 1 aromatic rings. The van der Waals surface area contributed by atoms with Crippen molar-refractivity contribution < 1.29 is 0 Å². The van der Waals surface area contributed by atoms with E-state index in [9.17, 15) is 0 Å². The van der Waals surface area contributed by atoms with E-state index in [1.165, 1.54) is 0 Å². The number of hydrogen-bond donors (Lipinski definition) is 2. The second-order valence-corrected chi connectivity index (χ2v) is 2.79. The highest BCUT2D eigenvalue weighted by molar-refractivity contribution is 5.06. The molecule has 2 unspecified atom stereocenters. The molecule has 0 fully saturated rings. The molecule has 0 spiro atoms. The van der Waals surface area contributed by atoms with E-state index in [4.69, 9.17) is 6.42 Å². The van der Waals surface area contributed by atoms with Crippen LogP contribution < -0.4 is 5.32 Å². The Kier molecular flexibility index (Phi) is 2.89. The lowest BCUT2D eigenvalue weighted by Gasteiger charge is -2.13. The third-order valence-electron chi connectivity index (χ3n) is 1.74. The molecule has 0 aromatic carbocycles. The molecule has 2 N–H and O–H groups in total. The summed E-state index contributed by atoms with van der Waals surface area (Å²) < 4.78 is 0. The molecule has 64 valence electrons. The maximum Gasteiger partial charge on any atom is 0.0663 e. The van der Waals surface area contributed by atoms with Gasteiger partial charge in [-0.3, -0.25) is 10.4 Å². The molecule has 1 rings (SSSR count). The first-order valence-electron chi connectivity index (χ1n) is 3.95. The van der Waals surface area contributed by atoms with Crippen molar-refractivity contribution in [3.8, 4) is 12.3 Å². The number of nitrogens with zero attached hydrogens (tertiary/aromatic N) is 1. The van der Waals surface area contributed by atoms with E-state index in [-0.39, 0.29) is 12.1 Å². The highest BCUT2D eigenvalue weighted by Crippen LogP contribution is 2.07. The van der Waals surface area contributed by atoms with Gasteiger partial charge in [0, 0.05) is 12.2 Å². The van der Waals surface area contributed by atoms with E-state index in [1.54, 1.807) is 6.20 Å². The maximum absolute atomic E-state index is 5.24. The number of aromatic nitrogens is 2. The Morgan fingerprint density at radius 1 is 1.67 bits per heavy atom. The van der Waals surface area contributed by atoms with Crippen LogP contribution in [0.1, 0.15) is 25.6 Å². The van der Waals surface area contributed by atoms with Crippen molar-refractivity contribution in [1.82, 2.24) is 15.5 Å². The van der Waals surface area contributed by atoms with Crippen LogP contribution in [-0.4, -0.2) is 16.2 Å². The van der Waals surface area contributed by atoms with Crippen molar-refractivity contribution in [1.29, 1.82) is 0 Å². The van der Waals surface area contributed by atoms with Crippen molar-refractivity contribution in [3.63, 3.8) is 0 Å². The molecule has 0 amide bonds. The Hall–Kier alpha value is -1.27. The van der Waals surface area contributed by atoms with Gasteiger partial charge in [-0.2, -0.15) is 5.10 Å². The van der Waals surface area contributed by atoms with Gasteiger partial charge in [0.25, 0.3) is 0 Å². The van der Waals surface area contributed by atoms with Crippen LogP contribution >= 0.6 is 0 Å². The van der Waals surface area contributed by atoms with Gasteiger partial charge in [-0.1, -0.05) is 5.92 Å². The Balaban J connectivity index is 2.51. The van der Waals surface area contributed by atoms with Crippen LogP contribution in [0.15, 0.2) is 12.3 Å². The Bertz CT molecular complexity index is 258. The second-order valence-electron chi connectivity index (χ2n) is 2.79. The smallest absolute Gasteiger partial charge is 0.0663 e. The summed E-state index contributed by atoms with van der Waals surface area (Å²) in [5.74, 6) is 2.61. The van der Waals surface area contributed by atoms with Crippen LogP contribution in [0.5, 0.6) is 0 Å². The molecular formula is C9H13N3. The summed E-state index contributed by atoms with van der Waals surface area (Å²) in [6.45, 7) is 3.99. The minimum absolute atomic E-state index is 0.0864. The summed E-state index contributed by atoms with van der Waals surface area (Å²) in [6, 6.07) is 2.24. The fourth-order valence-electron chi connectivity index (χ4n) is 1.02. The molecule has 0 saturated heterocycles. The molecule has 1 heterocycles. The van der Waals surface area contributed by atoms with Gasteiger partial charge in [-0.15, -0.1) is 6.42 Å². The Labute approximate surface area is 72.6 Å². The topological polar surface area (TPSA) is 40.7 Å². The van der Waals surface area contributed by atoms with Gasteiger partial charge in [-0.25, -0.2) is 0 Å². The van der Waals surface area contributed by atoms with Gasteiger partial charge < -0.3 is 0 Å². The largest absolute Gasteiger partial charge is 0.296 e. The van der Waals surface area contributed by atoms with Crippen LogP contribution in [-0.2, 0) is 0 Å². The molecule has 0 bridgehead atoms. The summed E-state index contributed by atoms with van der Waals surface area (Å²) in [5.41, 5.74) is 1.05. The molecule has 12 heavy (non-hydrogen) atoms. The van der Waals surface area contributed by atoms with Crippen molar-refractivity contribution in [3.05, 3.63) is 18.0 Å². The number of H-pyrrole nitrogens is 1. The molecule has 2 atom stereocenters. The summed E-state index contributed by atoms with van der Waals surface area (Å²) in [5, 5.41) is 9.97. The molecule has 0 radical (unpaired) electrons. The Morgan fingerprint density at radius 2 is 2.42 bits per heavy atom. The van der Waals surface area contributed by atoms with Crippen LogP contribution in [0.3, 0.4) is 0 Å². The summed E-state index contributed by atoms with van der Waals surface area (Å²) in [4.78, 5) is 0. The normalized spacial score (nSPS) is 15.1. The fraction of sp³-hybridized carbons (Fsp3) is 0.444. The van der Waals surface area contributed by atoms with Crippen LogP contribution in [0, 0.1) is 12.3 Å². The lowest BCUT2D eigenvalue weighted by Crippen LogP contribution is -2.27. The average Bonchev–Trinajstić information content (AvgIpc) is 2.56. The van der Waals surface area contributed by atoms with Crippen molar-refractivity contribution in [2.75, 3.05) is 0 Å². The van der Waals surface area contributed by atoms with Gasteiger partial charge in [0.05, 0.1) is 11.7 Å². The molecule has 3 heteroatoms. The number of hydrogen-bond acceptors (Lipinski definition) is 2. The van der Waals surface area contributed by atoms with Crippen molar-refractivity contribution in [2.24, 2.45) is 0 Å². The first-order valence-corrected chi connectivity index (χ1v) is 3.95. The zero-order chi connectivity index (χ0) is 8.97. The van der Waals surface area contributed by atoms with E-state index < -0.39 is 0 Å². The van der Waals surface area contributed by atoms with E-state index in [0.717, 1.165) is 5.69 Å². The second kappa shape index (κ2) is 3.93. The van der Waals surface area contributed by atoms with E-state index in [2.05, 4.69) is 21.4 Å².